The molecule has 0 amide bonds. The first-order valence-electron chi connectivity index (χ1n) is 12.0. The number of aromatic nitrogens is 2. The van der Waals surface area contributed by atoms with Gasteiger partial charge in [0.15, 0.2) is 11.3 Å². The molecule has 1 atom stereocenters. The maximum absolute atomic E-state index is 12.2. The zero-order chi connectivity index (χ0) is 23.9. The van der Waals surface area contributed by atoms with Gasteiger partial charge in [-0.1, -0.05) is 75.8 Å². The van der Waals surface area contributed by atoms with Crippen LogP contribution in [0.4, 0.5) is 0 Å². The van der Waals surface area contributed by atoms with Gasteiger partial charge in [-0.25, -0.2) is 19.6 Å². The standard InChI is InChI=1S/C26H36N2O4S/c1-4-6-7-8-9-10-11-12-17-33-26-27-18-23(19-28-26)21-13-15-22(16-14-21)25(30)32-20(3)24(29)31-5-2/h13-16,18-20H,4-12,17H2,1-3H3/t20-/m0/s1. The Morgan fingerprint density at radius 3 is 2.09 bits per heavy atom. The minimum atomic E-state index is -0.943. The fraction of sp³-hybridized carbons (Fsp3) is 0.538. The molecule has 0 bridgehead atoms. The molecule has 1 heterocycles. The van der Waals surface area contributed by atoms with Crippen molar-refractivity contribution in [3.05, 3.63) is 42.2 Å². The third-order valence-electron chi connectivity index (χ3n) is 5.21. The fourth-order valence-corrected chi connectivity index (χ4v) is 4.06. The monoisotopic (exact) mass is 472 g/mol. The van der Waals surface area contributed by atoms with E-state index in [1.807, 2.05) is 12.1 Å². The second-order valence-electron chi connectivity index (χ2n) is 7.95. The quantitative estimate of drug-likeness (QED) is 0.127. The molecular weight excluding hydrogens is 436 g/mol. The second-order valence-corrected chi connectivity index (χ2v) is 9.02. The van der Waals surface area contributed by atoms with E-state index in [2.05, 4.69) is 16.9 Å². The lowest BCUT2D eigenvalue weighted by atomic mass is 10.1. The van der Waals surface area contributed by atoms with Crippen LogP contribution in [0, 0.1) is 0 Å². The Bertz CT molecular complexity index is 840. The molecule has 0 spiro atoms. The topological polar surface area (TPSA) is 78.4 Å². The summed E-state index contributed by atoms with van der Waals surface area (Å²) < 4.78 is 10.0. The van der Waals surface area contributed by atoms with Crippen LogP contribution in [-0.2, 0) is 14.3 Å². The molecule has 1 aromatic carbocycles. The van der Waals surface area contributed by atoms with Crippen LogP contribution in [0.25, 0.3) is 11.1 Å². The van der Waals surface area contributed by atoms with Crippen LogP contribution in [0.1, 0.15) is 82.5 Å². The lowest BCUT2D eigenvalue weighted by Gasteiger charge is -2.12. The van der Waals surface area contributed by atoms with Gasteiger partial charge in [0.2, 0.25) is 0 Å². The smallest absolute Gasteiger partial charge is 0.347 e. The maximum atomic E-state index is 12.2. The van der Waals surface area contributed by atoms with Gasteiger partial charge in [0.05, 0.1) is 12.2 Å². The molecule has 33 heavy (non-hydrogen) atoms. The molecule has 0 aliphatic carbocycles. The number of thioether (sulfide) groups is 1. The summed E-state index contributed by atoms with van der Waals surface area (Å²) in [6, 6.07) is 6.97. The van der Waals surface area contributed by atoms with Crippen molar-refractivity contribution < 1.29 is 19.1 Å². The van der Waals surface area contributed by atoms with E-state index in [4.69, 9.17) is 9.47 Å². The normalized spacial score (nSPS) is 11.7. The molecule has 0 unspecified atom stereocenters. The van der Waals surface area contributed by atoms with Crippen molar-refractivity contribution in [3.63, 3.8) is 0 Å². The number of ether oxygens (including phenoxy) is 2. The number of nitrogens with zero attached hydrogens (tertiary/aromatic N) is 2. The molecule has 6 nitrogen and oxygen atoms in total. The SMILES string of the molecule is CCCCCCCCCCSc1ncc(-c2ccc(C(=O)O[C@@H](C)C(=O)OCC)cc2)cn1. The van der Waals surface area contributed by atoms with Crippen LogP contribution < -0.4 is 0 Å². The van der Waals surface area contributed by atoms with Crippen LogP contribution >= 0.6 is 11.8 Å². The Hall–Kier alpha value is -2.41. The molecule has 2 aromatic rings. The highest BCUT2D eigenvalue weighted by Gasteiger charge is 2.19. The lowest BCUT2D eigenvalue weighted by Crippen LogP contribution is -2.26. The molecule has 0 aliphatic heterocycles. The van der Waals surface area contributed by atoms with Crippen LogP contribution in [0.15, 0.2) is 41.8 Å². The molecule has 180 valence electrons. The minimum Gasteiger partial charge on any atom is -0.463 e. The van der Waals surface area contributed by atoms with Gasteiger partial charge < -0.3 is 9.47 Å². The van der Waals surface area contributed by atoms with E-state index < -0.39 is 18.0 Å². The molecule has 7 heteroatoms. The van der Waals surface area contributed by atoms with Gasteiger partial charge in [-0.2, -0.15) is 0 Å². The van der Waals surface area contributed by atoms with Gasteiger partial charge in [-0.3, -0.25) is 0 Å². The highest BCUT2D eigenvalue weighted by molar-refractivity contribution is 7.99. The highest BCUT2D eigenvalue weighted by atomic mass is 32.2. The number of hydrogen-bond acceptors (Lipinski definition) is 7. The molecule has 2 rings (SSSR count). The third kappa shape index (κ3) is 9.95. The summed E-state index contributed by atoms with van der Waals surface area (Å²) >= 11 is 1.69. The van der Waals surface area contributed by atoms with Crippen LogP contribution in [0.5, 0.6) is 0 Å². The lowest BCUT2D eigenvalue weighted by molar-refractivity contribution is -0.152. The van der Waals surface area contributed by atoms with Gasteiger partial charge >= 0.3 is 11.9 Å². The number of esters is 2. The van der Waals surface area contributed by atoms with E-state index in [9.17, 15) is 9.59 Å². The fourth-order valence-electron chi connectivity index (χ4n) is 3.27. The number of hydrogen-bond donors (Lipinski definition) is 0. The highest BCUT2D eigenvalue weighted by Crippen LogP contribution is 2.22. The molecule has 0 fully saturated rings. The van der Waals surface area contributed by atoms with E-state index in [1.54, 1.807) is 43.2 Å². The number of benzene rings is 1. The van der Waals surface area contributed by atoms with E-state index in [0.717, 1.165) is 22.0 Å². The Morgan fingerprint density at radius 2 is 1.48 bits per heavy atom. The molecule has 0 N–H and O–H groups in total. The van der Waals surface area contributed by atoms with E-state index in [-0.39, 0.29) is 6.61 Å². The Morgan fingerprint density at radius 1 is 0.879 bits per heavy atom. The summed E-state index contributed by atoms with van der Waals surface area (Å²) in [6.07, 6.45) is 13.2. The first kappa shape index (κ1) is 26.8. The summed E-state index contributed by atoms with van der Waals surface area (Å²) in [5, 5.41) is 0.787. The van der Waals surface area contributed by atoms with Crippen molar-refractivity contribution in [1.29, 1.82) is 0 Å². The van der Waals surface area contributed by atoms with Crippen LogP contribution in [0.3, 0.4) is 0 Å². The van der Waals surface area contributed by atoms with Gasteiger partial charge in [-0.05, 0) is 38.0 Å². The van der Waals surface area contributed by atoms with Crippen molar-refractivity contribution in [2.24, 2.45) is 0 Å². The average Bonchev–Trinajstić information content (AvgIpc) is 2.83. The molecule has 0 aliphatic rings. The predicted octanol–water partition coefficient (Wildman–Crippen LogP) is 6.48. The number of carbonyl (C=O) groups excluding carboxylic acids is 2. The van der Waals surface area contributed by atoms with Gasteiger partial charge in [0.1, 0.15) is 0 Å². The molecule has 0 saturated heterocycles. The zero-order valence-corrected chi connectivity index (χ0v) is 20.9. The summed E-state index contributed by atoms with van der Waals surface area (Å²) in [6.45, 7) is 5.69. The zero-order valence-electron chi connectivity index (χ0n) is 20.0. The number of unbranched alkanes of at least 4 members (excludes halogenated alkanes) is 7. The summed E-state index contributed by atoms with van der Waals surface area (Å²) in [7, 11) is 0. The molecule has 0 saturated carbocycles. The third-order valence-corrected chi connectivity index (χ3v) is 6.18. The molecule has 0 radical (unpaired) electrons. The van der Waals surface area contributed by atoms with Crippen molar-refractivity contribution in [2.75, 3.05) is 12.4 Å². The van der Waals surface area contributed by atoms with Crippen LogP contribution in [-0.4, -0.2) is 40.4 Å². The van der Waals surface area contributed by atoms with Crippen molar-refractivity contribution >= 4 is 23.7 Å². The molecular formula is C26H36N2O4S. The van der Waals surface area contributed by atoms with Gasteiger partial charge in [-0.15, -0.1) is 0 Å². The van der Waals surface area contributed by atoms with Crippen LogP contribution in [0.2, 0.25) is 0 Å². The molecule has 1 aromatic heterocycles. The van der Waals surface area contributed by atoms with E-state index in [0.29, 0.717) is 5.56 Å². The Kier molecular flexibility index (Phi) is 12.6. The average molecular weight is 473 g/mol. The summed E-state index contributed by atoms with van der Waals surface area (Å²) in [4.78, 5) is 32.8. The first-order valence-corrected chi connectivity index (χ1v) is 13.0. The van der Waals surface area contributed by atoms with E-state index in [1.165, 1.54) is 58.3 Å². The van der Waals surface area contributed by atoms with Crippen molar-refractivity contribution in [2.45, 2.75) is 83.4 Å². The van der Waals surface area contributed by atoms with Gasteiger partial charge in [0, 0.05) is 23.7 Å². The number of carbonyl (C=O) groups is 2. The summed E-state index contributed by atoms with van der Waals surface area (Å²) in [5.41, 5.74) is 2.16. The van der Waals surface area contributed by atoms with Gasteiger partial charge in [0.25, 0.3) is 0 Å². The summed E-state index contributed by atoms with van der Waals surface area (Å²) in [5.74, 6) is -0.0824. The van der Waals surface area contributed by atoms with Crippen molar-refractivity contribution in [3.8, 4) is 11.1 Å². The Balaban J connectivity index is 1.75. The second kappa shape index (κ2) is 15.4. The largest absolute Gasteiger partial charge is 0.463 e. The Labute approximate surface area is 201 Å². The maximum Gasteiger partial charge on any atom is 0.347 e. The first-order chi connectivity index (χ1) is 16.0. The predicted molar refractivity (Wildman–Crippen MR) is 132 cm³/mol. The van der Waals surface area contributed by atoms with E-state index >= 15 is 0 Å². The number of rotatable bonds is 15. The van der Waals surface area contributed by atoms with Crippen molar-refractivity contribution in [1.82, 2.24) is 9.97 Å². The minimum absolute atomic E-state index is 0.244.